The lowest BCUT2D eigenvalue weighted by atomic mass is 10.0. The van der Waals surface area contributed by atoms with Crippen LogP contribution in [0.15, 0.2) is 48.8 Å². The monoisotopic (exact) mass is 351 g/mol. The number of hydrogen-bond acceptors (Lipinski definition) is 3. The molecule has 0 bridgehead atoms. The second-order valence-electron chi connectivity index (χ2n) is 6.79. The Morgan fingerprint density at radius 3 is 2.58 bits per heavy atom. The van der Waals surface area contributed by atoms with Crippen LogP contribution in [0, 0.1) is 5.92 Å². The van der Waals surface area contributed by atoms with Gasteiger partial charge in [0, 0.05) is 43.5 Å². The molecule has 136 valence electrons. The Hall–Kier alpha value is -2.69. The second kappa shape index (κ2) is 8.13. The Morgan fingerprint density at radius 2 is 1.92 bits per heavy atom. The van der Waals surface area contributed by atoms with Crippen LogP contribution < -0.4 is 5.32 Å². The van der Waals surface area contributed by atoms with Gasteiger partial charge in [0.25, 0.3) is 5.91 Å². The number of carbonyl (C=O) groups excluding carboxylic acids is 2. The maximum absolute atomic E-state index is 12.8. The number of carbonyl (C=O) groups is 2. The molecule has 1 saturated carbocycles. The van der Waals surface area contributed by atoms with Gasteiger partial charge in [-0.2, -0.15) is 0 Å². The van der Waals surface area contributed by atoms with Gasteiger partial charge in [-0.3, -0.25) is 14.6 Å². The topological polar surface area (TPSA) is 62.3 Å². The molecular weight excluding hydrogens is 326 g/mol. The van der Waals surface area contributed by atoms with Crippen molar-refractivity contribution in [3.8, 4) is 11.1 Å². The van der Waals surface area contributed by atoms with Crippen LogP contribution in [0.2, 0.25) is 0 Å². The maximum atomic E-state index is 12.8. The van der Waals surface area contributed by atoms with Gasteiger partial charge in [-0.25, -0.2) is 0 Å². The molecule has 5 heteroatoms. The molecular formula is C21H25N3O2. The highest BCUT2D eigenvalue weighted by molar-refractivity contribution is 5.94. The SMILES string of the molecule is CCNC(=O)[C@H]1CC[C@@H](N(C)C(=O)c2ccc(-c3cccnc3)cc2)C1. The third-order valence-electron chi connectivity index (χ3n) is 5.12. The summed E-state index contributed by atoms with van der Waals surface area (Å²) in [6.07, 6.45) is 6.00. The minimum absolute atomic E-state index is 0.00397. The van der Waals surface area contributed by atoms with Gasteiger partial charge in [-0.1, -0.05) is 18.2 Å². The molecule has 1 aliphatic rings. The van der Waals surface area contributed by atoms with Crippen LogP contribution in [0.25, 0.3) is 11.1 Å². The van der Waals surface area contributed by atoms with Crippen molar-refractivity contribution < 1.29 is 9.59 Å². The maximum Gasteiger partial charge on any atom is 0.253 e. The summed E-state index contributed by atoms with van der Waals surface area (Å²) >= 11 is 0. The summed E-state index contributed by atoms with van der Waals surface area (Å²) in [5.41, 5.74) is 2.73. The first kappa shape index (κ1) is 18.1. The molecule has 1 fully saturated rings. The Balaban J connectivity index is 1.65. The van der Waals surface area contributed by atoms with Crippen LogP contribution in [0.5, 0.6) is 0 Å². The van der Waals surface area contributed by atoms with E-state index in [1.165, 1.54) is 0 Å². The summed E-state index contributed by atoms with van der Waals surface area (Å²) in [6.45, 7) is 2.58. The quantitative estimate of drug-likeness (QED) is 0.900. The van der Waals surface area contributed by atoms with Crippen molar-refractivity contribution in [3.05, 3.63) is 54.4 Å². The number of benzene rings is 1. The van der Waals surface area contributed by atoms with Gasteiger partial charge < -0.3 is 10.2 Å². The fourth-order valence-electron chi connectivity index (χ4n) is 3.57. The van der Waals surface area contributed by atoms with Crippen molar-refractivity contribution in [1.29, 1.82) is 0 Å². The van der Waals surface area contributed by atoms with Gasteiger partial charge >= 0.3 is 0 Å². The normalized spacial score (nSPS) is 19.2. The van der Waals surface area contributed by atoms with Crippen molar-refractivity contribution in [1.82, 2.24) is 15.2 Å². The van der Waals surface area contributed by atoms with E-state index in [-0.39, 0.29) is 23.8 Å². The zero-order chi connectivity index (χ0) is 18.5. The lowest BCUT2D eigenvalue weighted by Crippen LogP contribution is -2.36. The predicted molar refractivity (Wildman–Crippen MR) is 102 cm³/mol. The minimum Gasteiger partial charge on any atom is -0.356 e. The molecule has 26 heavy (non-hydrogen) atoms. The molecule has 0 unspecified atom stereocenters. The summed E-state index contributed by atoms with van der Waals surface area (Å²) in [5.74, 6) is 0.129. The van der Waals surface area contributed by atoms with Crippen LogP contribution in [0.4, 0.5) is 0 Å². The Morgan fingerprint density at radius 1 is 1.15 bits per heavy atom. The number of nitrogens with one attached hydrogen (secondary N) is 1. The summed E-state index contributed by atoms with van der Waals surface area (Å²) < 4.78 is 0. The van der Waals surface area contributed by atoms with E-state index in [2.05, 4.69) is 10.3 Å². The minimum atomic E-state index is 0.00397. The molecule has 2 aromatic rings. The second-order valence-corrected chi connectivity index (χ2v) is 6.79. The third-order valence-corrected chi connectivity index (χ3v) is 5.12. The van der Waals surface area contributed by atoms with Crippen LogP contribution in [-0.2, 0) is 4.79 Å². The Kier molecular flexibility index (Phi) is 5.66. The highest BCUT2D eigenvalue weighted by atomic mass is 16.2. The van der Waals surface area contributed by atoms with E-state index in [4.69, 9.17) is 0 Å². The molecule has 0 radical (unpaired) electrons. The molecule has 1 aromatic carbocycles. The van der Waals surface area contributed by atoms with Gasteiger partial charge in [0.05, 0.1) is 0 Å². The van der Waals surface area contributed by atoms with Gasteiger partial charge in [-0.15, -0.1) is 0 Å². The zero-order valence-corrected chi connectivity index (χ0v) is 15.3. The van der Waals surface area contributed by atoms with E-state index in [1.54, 1.807) is 11.1 Å². The molecule has 0 aliphatic heterocycles. The van der Waals surface area contributed by atoms with E-state index in [0.717, 1.165) is 30.4 Å². The highest BCUT2D eigenvalue weighted by Gasteiger charge is 2.33. The number of nitrogens with zero attached hydrogens (tertiary/aromatic N) is 2. The van der Waals surface area contributed by atoms with Crippen molar-refractivity contribution in [2.45, 2.75) is 32.2 Å². The first-order valence-corrected chi connectivity index (χ1v) is 9.15. The van der Waals surface area contributed by atoms with E-state index in [9.17, 15) is 9.59 Å². The number of rotatable bonds is 5. The first-order valence-electron chi connectivity index (χ1n) is 9.15. The predicted octanol–water partition coefficient (Wildman–Crippen LogP) is 3.13. The van der Waals surface area contributed by atoms with Crippen molar-refractivity contribution >= 4 is 11.8 Å². The standard InChI is InChI=1S/C21H25N3O2/c1-3-23-20(25)17-10-11-19(13-17)24(2)21(26)16-8-6-15(7-9-16)18-5-4-12-22-14-18/h4-9,12,14,17,19H,3,10-11,13H2,1-2H3,(H,23,25)/t17-,19+/m0/s1. The van der Waals surface area contributed by atoms with E-state index >= 15 is 0 Å². The fourth-order valence-corrected chi connectivity index (χ4v) is 3.57. The van der Waals surface area contributed by atoms with Crippen LogP contribution in [0.1, 0.15) is 36.5 Å². The lowest BCUT2D eigenvalue weighted by molar-refractivity contribution is -0.124. The van der Waals surface area contributed by atoms with E-state index in [0.29, 0.717) is 12.1 Å². The molecule has 2 amide bonds. The van der Waals surface area contributed by atoms with Crippen molar-refractivity contribution in [3.63, 3.8) is 0 Å². The van der Waals surface area contributed by atoms with Gasteiger partial charge in [0.15, 0.2) is 0 Å². The van der Waals surface area contributed by atoms with Crippen LogP contribution >= 0.6 is 0 Å². The van der Waals surface area contributed by atoms with Gasteiger partial charge in [0.2, 0.25) is 5.91 Å². The Labute approximate surface area is 154 Å². The van der Waals surface area contributed by atoms with Crippen molar-refractivity contribution in [2.75, 3.05) is 13.6 Å². The smallest absolute Gasteiger partial charge is 0.253 e. The number of amides is 2. The number of hydrogen-bond donors (Lipinski definition) is 1. The van der Waals surface area contributed by atoms with Gasteiger partial charge in [0.1, 0.15) is 0 Å². The van der Waals surface area contributed by atoms with Crippen LogP contribution in [-0.4, -0.2) is 41.3 Å². The number of pyridine rings is 1. The van der Waals surface area contributed by atoms with E-state index < -0.39 is 0 Å². The summed E-state index contributed by atoms with van der Waals surface area (Å²) in [6, 6.07) is 11.6. The molecule has 3 rings (SSSR count). The Bertz CT molecular complexity index is 759. The molecule has 1 heterocycles. The summed E-state index contributed by atoms with van der Waals surface area (Å²) in [7, 11) is 1.84. The lowest BCUT2D eigenvalue weighted by Gasteiger charge is -2.25. The molecule has 5 nitrogen and oxygen atoms in total. The van der Waals surface area contributed by atoms with Crippen molar-refractivity contribution in [2.24, 2.45) is 5.92 Å². The molecule has 0 saturated heterocycles. The fraction of sp³-hybridized carbons (Fsp3) is 0.381. The van der Waals surface area contributed by atoms with E-state index in [1.807, 2.05) is 56.6 Å². The average molecular weight is 351 g/mol. The first-order chi connectivity index (χ1) is 12.6. The van der Waals surface area contributed by atoms with Crippen LogP contribution in [0.3, 0.4) is 0 Å². The molecule has 2 atom stereocenters. The highest BCUT2D eigenvalue weighted by Crippen LogP contribution is 2.30. The summed E-state index contributed by atoms with van der Waals surface area (Å²) in [5, 5.41) is 2.88. The zero-order valence-electron chi connectivity index (χ0n) is 15.3. The molecule has 0 spiro atoms. The number of aromatic nitrogens is 1. The average Bonchev–Trinajstić information content (AvgIpc) is 3.18. The largest absolute Gasteiger partial charge is 0.356 e. The molecule has 1 N–H and O–H groups in total. The molecule has 1 aliphatic carbocycles. The molecule has 1 aromatic heterocycles. The summed E-state index contributed by atoms with van der Waals surface area (Å²) in [4.78, 5) is 30.7. The third kappa shape index (κ3) is 3.93. The van der Waals surface area contributed by atoms with Gasteiger partial charge in [-0.05, 0) is 55.5 Å².